The van der Waals surface area contributed by atoms with E-state index >= 15 is 0 Å². The topological polar surface area (TPSA) is 24.9 Å². The van der Waals surface area contributed by atoms with Crippen LogP contribution in [0, 0.1) is 0 Å². The maximum Gasteiger partial charge on any atom is 0.0965 e. The van der Waals surface area contributed by atoms with Gasteiger partial charge in [-0.3, -0.25) is 10.3 Å². The molecule has 2 nitrogen and oxygen atoms in total. The standard InChI is InChI=1S/C14H16N2S/c1-2-11-9-17-14(15-11)13-8-7-10-5-3-4-6-12(10)16-13/h3-8,11,14-15H,2,9H2,1H3. The SMILES string of the molecule is CCC1CSC(c2ccc3ccccc3n2)N1. The Morgan fingerprint density at radius 3 is 3.00 bits per heavy atom. The smallest absolute Gasteiger partial charge is 0.0965 e. The van der Waals surface area contributed by atoms with Crippen molar-refractivity contribution in [2.75, 3.05) is 5.75 Å². The van der Waals surface area contributed by atoms with Crippen LogP contribution in [0.15, 0.2) is 36.4 Å². The molecule has 2 aromatic rings. The van der Waals surface area contributed by atoms with Crippen molar-refractivity contribution in [3.05, 3.63) is 42.1 Å². The molecule has 17 heavy (non-hydrogen) atoms. The van der Waals surface area contributed by atoms with Crippen molar-refractivity contribution in [1.29, 1.82) is 0 Å². The molecule has 1 N–H and O–H groups in total. The number of fused-ring (bicyclic) bond motifs is 1. The van der Waals surface area contributed by atoms with Gasteiger partial charge in [-0.2, -0.15) is 0 Å². The van der Waals surface area contributed by atoms with Gasteiger partial charge >= 0.3 is 0 Å². The van der Waals surface area contributed by atoms with Crippen molar-refractivity contribution in [2.24, 2.45) is 0 Å². The minimum atomic E-state index is 0.365. The number of hydrogen-bond acceptors (Lipinski definition) is 3. The molecule has 2 unspecified atom stereocenters. The summed E-state index contributed by atoms with van der Waals surface area (Å²) in [4.78, 5) is 4.74. The molecule has 1 aliphatic heterocycles. The Balaban J connectivity index is 1.91. The Kier molecular flexibility index (Phi) is 3.04. The predicted octanol–water partition coefficient (Wildman–Crippen LogP) is 3.35. The number of para-hydroxylation sites is 1. The van der Waals surface area contributed by atoms with Gasteiger partial charge in [-0.05, 0) is 18.6 Å². The Morgan fingerprint density at radius 2 is 2.18 bits per heavy atom. The summed E-state index contributed by atoms with van der Waals surface area (Å²) in [5, 5.41) is 5.20. The lowest BCUT2D eigenvalue weighted by Gasteiger charge is -2.12. The second kappa shape index (κ2) is 4.67. The number of nitrogens with zero attached hydrogens (tertiary/aromatic N) is 1. The third kappa shape index (κ3) is 2.17. The summed E-state index contributed by atoms with van der Waals surface area (Å²) in [7, 11) is 0. The van der Waals surface area contributed by atoms with Gasteiger partial charge in [0.05, 0.1) is 16.6 Å². The Bertz CT molecular complexity index is 526. The highest BCUT2D eigenvalue weighted by molar-refractivity contribution is 7.99. The van der Waals surface area contributed by atoms with E-state index in [1.165, 1.54) is 17.6 Å². The van der Waals surface area contributed by atoms with E-state index in [0.29, 0.717) is 11.4 Å². The van der Waals surface area contributed by atoms with Gasteiger partial charge in [0.25, 0.3) is 0 Å². The molecular formula is C14H16N2S. The minimum Gasteiger partial charge on any atom is -0.297 e. The molecule has 3 heteroatoms. The third-order valence-corrected chi connectivity index (χ3v) is 4.54. The van der Waals surface area contributed by atoms with E-state index in [1.807, 2.05) is 17.8 Å². The molecule has 0 bridgehead atoms. The van der Waals surface area contributed by atoms with Crippen molar-refractivity contribution in [3.63, 3.8) is 0 Å². The molecule has 2 heterocycles. The molecule has 2 atom stereocenters. The van der Waals surface area contributed by atoms with E-state index in [2.05, 4.69) is 42.6 Å². The molecule has 88 valence electrons. The first-order valence-corrected chi connectivity index (χ1v) is 7.15. The van der Waals surface area contributed by atoms with Crippen LogP contribution in [-0.2, 0) is 0 Å². The molecule has 1 fully saturated rings. The van der Waals surface area contributed by atoms with Gasteiger partial charge in [0.2, 0.25) is 0 Å². The average molecular weight is 244 g/mol. The molecule has 0 aliphatic carbocycles. The van der Waals surface area contributed by atoms with Crippen molar-refractivity contribution in [3.8, 4) is 0 Å². The monoisotopic (exact) mass is 244 g/mol. The summed E-state index contributed by atoms with van der Waals surface area (Å²) in [6.45, 7) is 2.23. The molecule has 1 aromatic carbocycles. The average Bonchev–Trinajstić information content (AvgIpc) is 2.87. The van der Waals surface area contributed by atoms with Crippen molar-refractivity contribution in [2.45, 2.75) is 24.8 Å². The van der Waals surface area contributed by atoms with Crippen LogP contribution in [0.1, 0.15) is 24.4 Å². The first kappa shape index (κ1) is 11.1. The van der Waals surface area contributed by atoms with Crippen LogP contribution in [0.5, 0.6) is 0 Å². The van der Waals surface area contributed by atoms with Crippen molar-refractivity contribution < 1.29 is 0 Å². The van der Waals surface area contributed by atoms with Crippen LogP contribution in [0.3, 0.4) is 0 Å². The first-order chi connectivity index (χ1) is 8.36. The fraction of sp³-hybridized carbons (Fsp3) is 0.357. The second-order valence-electron chi connectivity index (χ2n) is 4.41. The predicted molar refractivity (Wildman–Crippen MR) is 74.2 cm³/mol. The van der Waals surface area contributed by atoms with Gasteiger partial charge in [-0.25, -0.2) is 0 Å². The Hall–Kier alpha value is -1.06. The largest absolute Gasteiger partial charge is 0.297 e. The number of benzene rings is 1. The molecule has 3 rings (SSSR count). The third-order valence-electron chi connectivity index (χ3n) is 3.23. The maximum absolute atomic E-state index is 4.74. The first-order valence-electron chi connectivity index (χ1n) is 6.10. The van der Waals surface area contributed by atoms with E-state index in [-0.39, 0.29) is 0 Å². The van der Waals surface area contributed by atoms with Crippen LogP contribution in [0.4, 0.5) is 0 Å². The number of hydrogen-bond donors (Lipinski definition) is 1. The number of thioether (sulfide) groups is 1. The van der Waals surface area contributed by atoms with E-state index < -0.39 is 0 Å². The zero-order chi connectivity index (χ0) is 11.7. The normalized spacial score (nSPS) is 24.3. The highest BCUT2D eigenvalue weighted by Gasteiger charge is 2.25. The summed E-state index contributed by atoms with van der Waals surface area (Å²) in [5.41, 5.74) is 2.25. The van der Waals surface area contributed by atoms with Gasteiger partial charge in [0.15, 0.2) is 0 Å². The number of pyridine rings is 1. The number of rotatable bonds is 2. The molecule has 0 saturated carbocycles. The lowest BCUT2D eigenvalue weighted by molar-refractivity contribution is 0.556. The van der Waals surface area contributed by atoms with Crippen LogP contribution >= 0.6 is 11.8 Å². The van der Waals surface area contributed by atoms with Crippen LogP contribution in [-0.4, -0.2) is 16.8 Å². The van der Waals surface area contributed by atoms with Gasteiger partial charge in [-0.1, -0.05) is 31.2 Å². The molecular weight excluding hydrogens is 228 g/mol. The van der Waals surface area contributed by atoms with E-state index in [9.17, 15) is 0 Å². The van der Waals surface area contributed by atoms with Crippen molar-refractivity contribution >= 4 is 22.7 Å². The second-order valence-corrected chi connectivity index (χ2v) is 5.55. The Labute approximate surface area is 106 Å². The molecule has 0 amide bonds. The lowest BCUT2D eigenvalue weighted by atomic mass is 10.2. The summed E-state index contributed by atoms with van der Waals surface area (Å²) in [6.07, 6.45) is 1.19. The summed E-state index contributed by atoms with van der Waals surface area (Å²) < 4.78 is 0. The summed E-state index contributed by atoms with van der Waals surface area (Å²) in [6, 6.07) is 13.2. The maximum atomic E-state index is 4.74. The van der Waals surface area contributed by atoms with Gasteiger partial charge in [0, 0.05) is 17.2 Å². The van der Waals surface area contributed by atoms with Crippen molar-refractivity contribution in [1.82, 2.24) is 10.3 Å². The van der Waals surface area contributed by atoms with Gasteiger partial charge in [0.1, 0.15) is 0 Å². The van der Waals surface area contributed by atoms with Gasteiger partial charge in [-0.15, -0.1) is 11.8 Å². The fourth-order valence-corrected chi connectivity index (χ4v) is 3.50. The fourth-order valence-electron chi connectivity index (χ4n) is 2.16. The molecule has 0 spiro atoms. The van der Waals surface area contributed by atoms with E-state index in [1.54, 1.807) is 0 Å². The zero-order valence-electron chi connectivity index (χ0n) is 9.89. The lowest BCUT2D eigenvalue weighted by Crippen LogP contribution is -2.25. The minimum absolute atomic E-state index is 0.365. The highest BCUT2D eigenvalue weighted by atomic mass is 32.2. The number of aromatic nitrogens is 1. The van der Waals surface area contributed by atoms with E-state index in [4.69, 9.17) is 4.98 Å². The summed E-state index contributed by atoms with van der Waals surface area (Å²) >= 11 is 1.96. The van der Waals surface area contributed by atoms with E-state index in [0.717, 1.165) is 11.2 Å². The molecule has 0 radical (unpaired) electrons. The quantitative estimate of drug-likeness (QED) is 0.877. The Morgan fingerprint density at radius 1 is 1.29 bits per heavy atom. The van der Waals surface area contributed by atoms with Crippen LogP contribution < -0.4 is 5.32 Å². The highest BCUT2D eigenvalue weighted by Crippen LogP contribution is 2.33. The van der Waals surface area contributed by atoms with Gasteiger partial charge < -0.3 is 0 Å². The zero-order valence-corrected chi connectivity index (χ0v) is 10.7. The molecule has 1 aromatic heterocycles. The molecule has 1 aliphatic rings. The molecule has 1 saturated heterocycles. The summed E-state index contributed by atoms with van der Waals surface area (Å²) in [5.74, 6) is 1.19. The van der Waals surface area contributed by atoms with Crippen LogP contribution in [0.2, 0.25) is 0 Å². The number of nitrogens with one attached hydrogen (secondary N) is 1. The van der Waals surface area contributed by atoms with Crippen LogP contribution in [0.25, 0.3) is 10.9 Å².